The number of halogens is 3. The lowest BCUT2D eigenvalue weighted by molar-refractivity contribution is -0.0425. The minimum Gasteiger partial charge on any atom is -0.380 e. The highest BCUT2D eigenvalue weighted by atomic mass is 32.2. The fourth-order valence-electron chi connectivity index (χ4n) is 4.31. The minimum atomic E-state index is -4.86. The maximum atomic E-state index is 13.4. The van der Waals surface area contributed by atoms with Crippen LogP contribution in [0.5, 0.6) is 0 Å². The molecule has 3 atom stereocenters. The molecule has 6 nitrogen and oxygen atoms in total. The van der Waals surface area contributed by atoms with E-state index >= 15 is 0 Å². The first kappa shape index (κ1) is 31.3. The Balaban J connectivity index is 1.74. The van der Waals surface area contributed by atoms with Crippen LogP contribution in [0.1, 0.15) is 20.3 Å². The predicted octanol–water partition coefficient (Wildman–Crippen LogP) is 5.29. The third-order valence-corrected chi connectivity index (χ3v) is 9.28. The van der Waals surface area contributed by atoms with Gasteiger partial charge in [0.15, 0.2) is 10.8 Å². The maximum Gasteiger partial charge on any atom is 0.475 e. The van der Waals surface area contributed by atoms with E-state index in [1.807, 2.05) is 30.3 Å². The smallest absolute Gasteiger partial charge is 0.380 e. The molecule has 0 amide bonds. The molecule has 38 heavy (non-hydrogen) atoms. The van der Waals surface area contributed by atoms with Gasteiger partial charge in [0.2, 0.25) is 0 Å². The molecule has 1 aliphatic rings. The first-order valence-corrected chi connectivity index (χ1v) is 15.7. The number of nitrogens with two attached hydrogens (primary N) is 1. The molecule has 0 radical (unpaired) electrons. The summed E-state index contributed by atoms with van der Waals surface area (Å²) in [4.78, 5) is 5.92. The highest BCUT2D eigenvalue weighted by Crippen LogP contribution is 2.34. The summed E-state index contributed by atoms with van der Waals surface area (Å²) in [6, 6.07) is 14.2. The van der Waals surface area contributed by atoms with Gasteiger partial charge in [-0.1, -0.05) is 32.0 Å². The van der Waals surface area contributed by atoms with E-state index in [0.29, 0.717) is 23.7 Å². The minimum absolute atomic E-state index is 0.135. The van der Waals surface area contributed by atoms with E-state index in [9.17, 15) is 17.4 Å². The van der Waals surface area contributed by atoms with Gasteiger partial charge in [0.05, 0.1) is 23.3 Å². The molecule has 3 rings (SSSR count). The maximum absolute atomic E-state index is 13.4. The summed E-state index contributed by atoms with van der Waals surface area (Å²) in [5.74, 6) is 0.642. The molecule has 1 heterocycles. The van der Waals surface area contributed by atoms with Crippen LogP contribution >= 0.6 is 23.7 Å². The molecule has 1 aliphatic heterocycles. The quantitative estimate of drug-likeness (QED) is 0.227. The molecule has 1 saturated heterocycles. The number of hydrogen-bond donors (Lipinski definition) is 2. The van der Waals surface area contributed by atoms with E-state index in [2.05, 4.69) is 29.0 Å². The zero-order valence-corrected chi connectivity index (χ0v) is 24.2. The Labute approximate surface area is 234 Å². The van der Waals surface area contributed by atoms with Crippen molar-refractivity contribution in [2.75, 3.05) is 56.9 Å². The lowest BCUT2D eigenvalue weighted by Gasteiger charge is -2.36. The highest BCUT2D eigenvalue weighted by Gasteiger charge is 2.39. The van der Waals surface area contributed by atoms with E-state index in [1.54, 1.807) is 23.9 Å². The Bertz CT molecular complexity index is 1010. The molecular weight excluding hydrogens is 554 g/mol. The van der Waals surface area contributed by atoms with E-state index in [4.69, 9.17) is 9.88 Å². The molecule has 212 valence electrons. The SMILES string of the molecule is CCN(CC)CC1CN(CCC(CSc2ccccc2)Nc2ccc(SN)cc2S(=O)C(F)(F)F)CCO1. The fraction of sp³-hybridized carbons (Fsp3) is 0.538. The number of nitrogens with one attached hydrogen (secondary N) is 1. The number of morpholine rings is 1. The van der Waals surface area contributed by atoms with E-state index < -0.39 is 16.3 Å². The zero-order chi connectivity index (χ0) is 27.5. The number of likely N-dealkylation sites (N-methyl/N-ethyl adjacent to an activating group) is 1. The first-order valence-electron chi connectivity index (χ1n) is 12.7. The molecule has 0 aliphatic carbocycles. The van der Waals surface area contributed by atoms with Crippen molar-refractivity contribution in [2.45, 2.75) is 52.6 Å². The van der Waals surface area contributed by atoms with Crippen LogP contribution in [0.4, 0.5) is 18.9 Å². The Morgan fingerprint density at radius 2 is 1.92 bits per heavy atom. The molecule has 0 saturated carbocycles. The van der Waals surface area contributed by atoms with Gasteiger partial charge in [-0.25, -0.2) is 4.21 Å². The molecule has 2 aromatic carbocycles. The van der Waals surface area contributed by atoms with Crippen LogP contribution < -0.4 is 10.5 Å². The van der Waals surface area contributed by atoms with Crippen LogP contribution in [0, 0.1) is 0 Å². The summed E-state index contributed by atoms with van der Waals surface area (Å²) in [5, 5.41) is 8.87. The molecule has 0 bridgehead atoms. The van der Waals surface area contributed by atoms with Gasteiger partial charge in [-0.3, -0.25) is 10.0 Å². The number of hydrogen-bond acceptors (Lipinski definition) is 8. The number of anilines is 1. The summed E-state index contributed by atoms with van der Waals surface area (Å²) in [6.07, 6.45) is 0.847. The van der Waals surface area contributed by atoms with Crippen LogP contribution in [0.2, 0.25) is 0 Å². The van der Waals surface area contributed by atoms with Crippen LogP contribution in [-0.2, 0) is 15.5 Å². The monoisotopic (exact) mass is 590 g/mol. The first-order chi connectivity index (χ1) is 18.2. The van der Waals surface area contributed by atoms with Crippen molar-refractivity contribution in [3.8, 4) is 0 Å². The molecule has 3 unspecified atom stereocenters. The van der Waals surface area contributed by atoms with Gasteiger partial charge in [0.1, 0.15) is 0 Å². The lowest BCUT2D eigenvalue weighted by atomic mass is 10.1. The summed E-state index contributed by atoms with van der Waals surface area (Å²) in [5.41, 5.74) is -4.64. The van der Waals surface area contributed by atoms with Crippen molar-refractivity contribution in [2.24, 2.45) is 5.14 Å². The Hall–Kier alpha value is -1.28. The van der Waals surface area contributed by atoms with Crippen molar-refractivity contribution in [1.82, 2.24) is 9.80 Å². The average molecular weight is 591 g/mol. The number of thioether (sulfide) groups is 1. The summed E-state index contributed by atoms with van der Waals surface area (Å²) in [7, 11) is -3.17. The summed E-state index contributed by atoms with van der Waals surface area (Å²) >= 11 is 2.47. The number of ether oxygens (including phenoxy) is 1. The zero-order valence-electron chi connectivity index (χ0n) is 21.8. The number of benzene rings is 2. The van der Waals surface area contributed by atoms with Gasteiger partial charge in [-0.05, 0) is 61.8 Å². The third-order valence-electron chi connectivity index (χ3n) is 6.43. The van der Waals surface area contributed by atoms with E-state index in [-0.39, 0.29) is 22.7 Å². The second-order valence-corrected chi connectivity index (χ2v) is 12.3. The Morgan fingerprint density at radius 1 is 1.18 bits per heavy atom. The normalized spacial score (nSPS) is 18.4. The van der Waals surface area contributed by atoms with Gasteiger partial charge in [0, 0.05) is 47.8 Å². The van der Waals surface area contributed by atoms with Crippen LogP contribution in [0.25, 0.3) is 0 Å². The van der Waals surface area contributed by atoms with Gasteiger partial charge in [0.25, 0.3) is 0 Å². The number of rotatable bonds is 14. The van der Waals surface area contributed by atoms with Crippen molar-refractivity contribution in [1.29, 1.82) is 0 Å². The molecule has 3 N–H and O–H groups in total. The summed E-state index contributed by atoms with van der Waals surface area (Å²) in [6.45, 7) is 10.2. The van der Waals surface area contributed by atoms with E-state index in [1.165, 1.54) is 6.07 Å². The Kier molecular flexibility index (Phi) is 12.7. The molecular formula is C26H37F3N4O2S3. The second-order valence-electron chi connectivity index (χ2n) is 9.02. The van der Waals surface area contributed by atoms with Crippen molar-refractivity contribution < 1.29 is 22.1 Å². The average Bonchev–Trinajstić information content (AvgIpc) is 2.93. The second kappa shape index (κ2) is 15.5. The highest BCUT2D eigenvalue weighted by molar-refractivity contribution is 7.99. The van der Waals surface area contributed by atoms with Crippen molar-refractivity contribution in [3.63, 3.8) is 0 Å². The third kappa shape index (κ3) is 9.72. The van der Waals surface area contributed by atoms with Crippen molar-refractivity contribution >= 4 is 40.2 Å². The summed E-state index contributed by atoms with van der Waals surface area (Å²) < 4.78 is 58.7. The van der Waals surface area contributed by atoms with Crippen LogP contribution in [0.15, 0.2) is 63.2 Å². The van der Waals surface area contributed by atoms with Crippen LogP contribution in [-0.4, -0.2) is 83.3 Å². The van der Waals surface area contributed by atoms with E-state index in [0.717, 1.165) is 56.1 Å². The molecule has 2 aromatic rings. The molecule has 0 aromatic heterocycles. The van der Waals surface area contributed by atoms with Gasteiger partial charge in [-0.15, -0.1) is 11.8 Å². The molecule has 0 spiro atoms. The number of nitrogens with zero attached hydrogens (tertiary/aromatic N) is 2. The van der Waals surface area contributed by atoms with Crippen LogP contribution in [0.3, 0.4) is 0 Å². The predicted molar refractivity (Wildman–Crippen MR) is 152 cm³/mol. The number of alkyl halides is 3. The van der Waals surface area contributed by atoms with Crippen molar-refractivity contribution in [3.05, 3.63) is 48.5 Å². The Morgan fingerprint density at radius 3 is 2.58 bits per heavy atom. The standard InChI is InChI=1S/C26H37F3N4O2S3/c1-3-32(4-2)17-21-18-33(14-15-35-21)13-12-20(19-36-22-8-6-5-7-9-22)31-24-11-10-23(37-30)16-25(24)38(34)26(27,28)29/h5-11,16,20-21,31H,3-4,12-15,17-19,30H2,1-2H3. The van der Waals surface area contributed by atoms with Gasteiger partial charge in [-0.2, -0.15) is 13.2 Å². The van der Waals surface area contributed by atoms with Gasteiger partial charge >= 0.3 is 5.51 Å². The molecule has 1 fully saturated rings. The molecule has 12 heteroatoms. The van der Waals surface area contributed by atoms with Gasteiger partial charge < -0.3 is 15.0 Å². The lowest BCUT2D eigenvalue weighted by Crippen LogP contribution is -2.48. The fourth-order valence-corrected chi connectivity index (χ4v) is 6.52. The topological polar surface area (TPSA) is 70.8 Å². The largest absolute Gasteiger partial charge is 0.475 e.